The summed E-state index contributed by atoms with van der Waals surface area (Å²) in [5, 5.41) is 8.25. The lowest BCUT2D eigenvalue weighted by Crippen LogP contribution is -2.52. The first kappa shape index (κ1) is 24.5. The van der Waals surface area contributed by atoms with E-state index in [-0.39, 0.29) is 22.8 Å². The monoisotopic (exact) mass is 582 g/mol. The van der Waals surface area contributed by atoms with Crippen molar-refractivity contribution in [3.05, 3.63) is 74.5 Å². The molecule has 5 nitrogen and oxygen atoms in total. The van der Waals surface area contributed by atoms with E-state index in [0.717, 1.165) is 22.4 Å². The molecule has 6 heteroatoms. The number of nitrogens with zero attached hydrogens (tertiary/aromatic N) is 2. The van der Waals surface area contributed by atoms with Gasteiger partial charge in [0.2, 0.25) is 0 Å². The second-order valence-electron chi connectivity index (χ2n) is 11.4. The molecular formula is C29H35IN4O. The lowest BCUT2D eigenvalue weighted by atomic mass is 9.68. The number of nitrogens with two attached hydrogens (primary N) is 1. The van der Waals surface area contributed by atoms with Gasteiger partial charge in [-0.05, 0) is 100 Å². The fourth-order valence-corrected chi connectivity index (χ4v) is 6.84. The predicted octanol–water partition coefficient (Wildman–Crippen LogP) is 5.91. The highest BCUT2D eigenvalue weighted by molar-refractivity contribution is 14.1. The van der Waals surface area contributed by atoms with Gasteiger partial charge in [-0.1, -0.05) is 51.1 Å². The zero-order valence-corrected chi connectivity index (χ0v) is 23.2. The third-order valence-electron chi connectivity index (χ3n) is 8.60. The molecule has 2 bridgehead atoms. The number of halogens is 1. The van der Waals surface area contributed by atoms with Crippen LogP contribution in [-0.2, 0) is 13.1 Å². The molecule has 1 heterocycles. The van der Waals surface area contributed by atoms with Gasteiger partial charge in [-0.25, -0.2) is 0 Å². The molecule has 2 fully saturated rings. The lowest BCUT2D eigenvalue weighted by Gasteiger charge is -2.42. The molecule has 3 N–H and O–H groups in total. The van der Waals surface area contributed by atoms with E-state index in [9.17, 15) is 4.79 Å². The summed E-state index contributed by atoms with van der Waals surface area (Å²) in [4.78, 5) is 13.6. The number of nitrogens with one attached hydrogen (secondary N) is 1. The molecule has 0 saturated heterocycles. The van der Waals surface area contributed by atoms with Crippen LogP contribution < -0.4 is 11.1 Å². The SMILES string of the molecule is Cc1cc(-c2cc(C(=O)NC3C4(C)CCC(C4)C3(C)C)nn2Cc2ccc(CN)cc2)ccc1I. The second kappa shape index (κ2) is 9.04. The van der Waals surface area contributed by atoms with Crippen molar-refractivity contribution >= 4 is 28.5 Å². The van der Waals surface area contributed by atoms with Crippen LogP contribution in [0.15, 0.2) is 48.5 Å². The molecule has 0 spiro atoms. The number of hydrogen-bond donors (Lipinski definition) is 2. The highest BCUT2D eigenvalue weighted by Crippen LogP contribution is 2.62. The summed E-state index contributed by atoms with van der Waals surface area (Å²) in [6.45, 7) is 10.2. The highest BCUT2D eigenvalue weighted by Gasteiger charge is 2.59. The molecule has 2 aliphatic carbocycles. The van der Waals surface area contributed by atoms with Gasteiger partial charge >= 0.3 is 0 Å². The molecule has 35 heavy (non-hydrogen) atoms. The zero-order chi connectivity index (χ0) is 25.0. The van der Waals surface area contributed by atoms with Crippen LogP contribution in [0.3, 0.4) is 0 Å². The Morgan fingerprint density at radius 3 is 2.49 bits per heavy atom. The molecule has 3 aromatic rings. The maximum Gasteiger partial charge on any atom is 0.272 e. The van der Waals surface area contributed by atoms with Crippen LogP contribution in [0.2, 0.25) is 0 Å². The molecule has 184 valence electrons. The van der Waals surface area contributed by atoms with E-state index in [0.29, 0.717) is 24.7 Å². The molecule has 3 atom stereocenters. The first-order valence-electron chi connectivity index (χ1n) is 12.5. The molecule has 3 unspecified atom stereocenters. The van der Waals surface area contributed by atoms with Gasteiger partial charge < -0.3 is 11.1 Å². The van der Waals surface area contributed by atoms with Crippen LogP contribution in [0.5, 0.6) is 0 Å². The van der Waals surface area contributed by atoms with E-state index in [1.807, 2.05) is 10.7 Å². The van der Waals surface area contributed by atoms with E-state index in [1.54, 1.807) is 0 Å². The summed E-state index contributed by atoms with van der Waals surface area (Å²) in [5.41, 5.74) is 12.0. The zero-order valence-electron chi connectivity index (χ0n) is 21.1. The number of fused-ring (bicyclic) bond motifs is 2. The van der Waals surface area contributed by atoms with Crippen molar-refractivity contribution in [3.8, 4) is 11.3 Å². The van der Waals surface area contributed by atoms with Crippen molar-refractivity contribution < 1.29 is 4.79 Å². The quantitative estimate of drug-likeness (QED) is 0.355. The van der Waals surface area contributed by atoms with Crippen LogP contribution in [0, 0.1) is 27.2 Å². The number of carbonyl (C=O) groups excluding carboxylic acids is 1. The van der Waals surface area contributed by atoms with Gasteiger partial charge in [-0.2, -0.15) is 5.10 Å². The fraction of sp³-hybridized carbons (Fsp3) is 0.448. The topological polar surface area (TPSA) is 72.9 Å². The Hall–Kier alpha value is -2.19. The Morgan fingerprint density at radius 1 is 1.14 bits per heavy atom. The fourth-order valence-electron chi connectivity index (χ4n) is 6.51. The van der Waals surface area contributed by atoms with Crippen molar-refractivity contribution in [2.45, 2.75) is 66.1 Å². The van der Waals surface area contributed by atoms with Crippen molar-refractivity contribution in [1.82, 2.24) is 15.1 Å². The van der Waals surface area contributed by atoms with Crippen LogP contribution >= 0.6 is 22.6 Å². The highest BCUT2D eigenvalue weighted by atomic mass is 127. The molecular weight excluding hydrogens is 547 g/mol. The predicted molar refractivity (Wildman–Crippen MR) is 149 cm³/mol. The largest absolute Gasteiger partial charge is 0.347 e. The standard InChI is InChI=1S/C29H35IN4O/c1-18-13-21(9-10-23(18)30)25-14-24(33-34(25)17-20-7-5-19(16-31)6-8-20)26(35)32-27-28(2,3)22-11-12-29(27,4)15-22/h5-10,13-14,22,27H,11-12,15-17,31H2,1-4H3,(H,32,35). The van der Waals surface area contributed by atoms with Gasteiger partial charge in [-0.15, -0.1) is 0 Å². The Kier molecular flexibility index (Phi) is 6.33. The number of aromatic nitrogens is 2. The van der Waals surface area contributed by atoms with E-state index in [1.165, 1.54) is 28.4 Å². The summed E-state index contributed by atoms with van der Waals surface area (Å²) in [7, 11) is 0. The van der Waals surface area contributed by atoms with Crippen molar-refractivity contribution in [3.63, 3.8) is 0 Å². The molecule has 1 amide bonds. The minimum Gasteiger partial charge on any atom is -0.347 e. The molecule has 2 aromatic carbocycles. The van der Waals surface area contributed by atoms with Gasteiger partial charge in [0.15, 0.2) is 5.69 Å². The minimum absolute atomic E-state index is 0.0717. The number of hydrogen-bond acceptors (Lipinski definition) is 3. The summed E-state index contributed by atoms with van der Waals surface area (Å²) in [5.74, 6) is 0.606. The van der Waals surface area contributed by atoms with Gasteiger partial charge in [-0.3, -0.25) is 9.48 Å². The summed E-state index contributed by atoms with van der Waals surface area (Å²) in [6, 6.07) is 16.8. The Morgan fingerprint density at radius 2 is 1.86 bits per heavy atom. The van der Waals surface area contributed by atoms with Crippen LogP contribution in [-0.4, -0.2) is 21.7 Å². The minimum atomic E-state index is -0.0717. The smallest absolute Gasteiger partial charge is 0.272 e. The van der Waals surface area contributed by atoms with Crippen molar-refractivity contribution in [2.24, 2.45) is 22.5 Å². The molecule has 5 rings (SSSR count). The van der Waals surface area contributed by atoms with Crippen molar-refractivity contribution in [1.29, 1.82) is 0 Å². The summed E-state index contributed by atoms with van der Waals surface area (Å²) in [6.07, 6.45) is 3.65. The van der Waals surface area contributed by atoms with E-state index in [2.05, 4.69) is 98.1 Å². The third-order valence-corrected chi connectivity index (χ3v) is 9.81. The first-order chi connectivity index (χ1) is 16.6. The number of amides is 1. The lowest BCUT2D eigenvalue weighted by molar-refractivity contribution is 0.0732. The summed E-state index contributed by atoms with van der Waals surface area (Å²) >= 11 is 2.35. The maximum atomic E-state index is 13.6. The van der Waals surface area contributed by atoms with Crippen LogP contribution in [0.25, 0.3) is 11.3 Å². The maximum absolute atomic E-state index is 13.6. The number of rotatable bonds is 6. The Labute approximate surface area is 222 Å². The van der Waals surface area contributed by atoms with Gasteiger partial charge in [0.1, 0.15) is 0 Å². The summed E-state index contributed by atoms with van der Waals surface area (Å²) < 4.78 is 3.18. The third kappa shape index (κ3) is 4.44. The van der Waals surface area contributed by atoms with Gasteiger partial charge in [0.25, 0.3) is 5.91 Å². The number of aryl methyl sites for hydroxylation is 1. The van der Waals surface area contributed by atoms with E-state index in [4.69, 9.17) is 10.8 Å². The molecule has 0 aliphatic heterocycles. The van der Waals surface area contributed by atoms with Crippen LogP contribution in [0.4, 0.5) is 0 Å². The molecule has 2 aliphatic rings. The molecule has 2 saturated carbocycles. The normalized spacial score (nSPS) is 24.6. The van der Waals surface area contributed by atoms with E-state index >= 15 is 0 Å². The van der Waals surface area contributed by atoms with E-state index < -0.39 is 0 Å². The van der Waals surface area contributed by atoms with Crippen molar-refractivity contribution in [2.75, 3.05) is 0 Å². The second-order valence-corrected chi connectivity index (χ2v) is 12.5. The number of carbonyl (C=O) groups is 1. The Bertz CT molecular complexity index is 1260. The Balaban J connectivity index is 1.48. The molecule has 1 aromatic heterocycles. The average molecular weight is 583 g/mol. The van der Waals surface area contributed by atoms with Gasteiger partial charge in [0, 0.05) is 21.7 Å². The van der Waals surface area contributed by atoms with Gasteiger partial charge in [0.05, 0.1) is 12.2 Å². The van der Waals surface area contributed by atoms with Crippen LogP contribution in [0.1, 0.15) is 67.2 Å². The average Bonchev–Trinajstić information content (AvgIpc) is 3.48. The first-order valence-corrected chi connectivity index (χ1v) is 13.6. The molecule has 0 radical (unpaired) electrons. The number of benzene rings is 2.